The summed E-state index contributed by atoms with van der Waals surface area (Å²) in [5.74, 6) is 0.468. The standard InChI is InChI=1S/C9H12O3/c1-6(10)7-3-4-9(12-2)8(11)5-7/h3-6,10-11H,1-2H3/t6-/m0/s1. The molecule has 3 nitrogen and oxygen atoms in total. The van der Waals surface area contributed by atoms with E-state index >= 15 is 0 Å². The van der Waals surface area contributed by atoms with Crippen LogP contribution in [0.2, 0.25) is 0 Å². The number of hydrogen-bond donors (Lipinski definition) is 2. The molecule has 12 heavy (non-hydrogen) atoms. The van der Waals surface area contributed by atoms with Gasteiger partial charge in [-0.3, -0.25) is 0 Å². The highest BCUT2D eigenvalue weighted by Gasteiger charge is 2.05. The molecule has 0 aromatic heterocycles. The van der Waals surface area contributed by atoms with E-state index in [2.05, 4.69) is 0 Å². The highest BCUT2D eigenvalue weighted by Crippen LogP contribution is 2.28. The van der Waals surface area contributed by atoms with Crippen molar-refractivity contribution in [1.29, 1.82) is 0 Å². The fraction of sp³-hybridized carbons (Fsp3) is 0.333. The summed E-state index contributed by atoms with van der Waals surface area (Å²) in [6, 6.07) is 4.82. The first-order valence-electron chi connectivity index (χ1n) is 3.70. The number of phenols is 1. The second-order valence-corrected chi connectivity index (χ2v) is 2.61. The van der Waals surface area contributed by atoms with Crippen molar-refractivity contribution in [2.24, 2.45) is 0 Å². The van der Waals surface area contributed by atoms with Crippen LogP contribution in [0, 0.1) is 0 Å². The van der Waals surface area contributed by atoms with Crippen molar-refractivity contribution in [3.63, 3.8) is 0 Å². The largest absolute Gasteiger partial charge is 0.504 e. The minimum absolute atomic E-state index is 0.0518. The lowest BCUT2D eigenvalue weighted by Gasteiger charge is -2.07. The molecule has 2 N–H and O–H groups in total. The number of aliphatic hydroxyl groups is 1. The zero-order valence-electron chi connectivity index (χ0n) is 7.11. The molecule has 0 heterocycles. The molecule has 1 rings (SSSR count). The first-order chi connectivity index (χ1) is 5.65. The molecule has 1 atom stereocenters. The molecule has 0 aliphatic heterocycles. The second kappa shape index (κ2) is 3.45. The Morgan fingerprint density at radius 3 is 2.50 bits per heavy atom. The average molecular weight is 168 g/mol. The highest BCUT2D eigenvalue weighted by molar-refractivity contribution is 5.42. The van der Waals surface area contributed by atoms with Crippen molar-refractivity contribution < 1.29 is 14.9 Å². The van der Waals surface area contributed by atoms with Crippen molar-refractivity contribution >= 4 is 0 Å². The van der Waals surface area contributed by atoms with Gasteiger partial charge in [-0.05, 0) is 24.6 Å². The lowest BCUT2D eigenvalue weighted by atomic mass is 10.1. The smallest absolute Gasteiger partial charge is 0.160 e. The van der Waals surface area contributed by atoms with Gasteiger partial charge >= 0.3 is 0 Å². The van der Waals surface area contributed by atoms with E-state index in [-0.39, 0.29) is 5.75 Å². The number of methoxy groups -OCH3 is 1. The fourth-order valence-corrected chi connectivity index (χ4v) is 0.967. The van der Waals surface area contributed by atoms with Crippen LogP contribution in [0.5, 0.6) is 11.5 Å². The Balaban J connectivity index is 3.02. The van der Waals surface area contributed by atoms with Gasteiger partial charge < -0.3 is 14.9 Å². The van der Waals surface area contributed by atoms with Crippen LogP contribution in [-0.2, 0) is 0 Å². The maximum absolute atomic E-state index is 9.30. The maximum Gasteiger partial charge on any atom is 0.160 e. The van der Waals surface area contributed by atoms with E-state index in [0.29, 0.717) is 11.3 Å². The summed E-state index contributed by atoms with van der Waals surface area (Å²) in [6.07, 6.45) is -0.568. The molecule has 0 saturated heterocycles. The number of aromatic hydroxyl groups is 1. The molecule has 66 valence electrons. The molecule has 0 bridgehead atoms. The SMILES string of the molecule is COc1ccc([C@H](C)O)cc1O. The van der Waals surface area contributed by atoms with Crippen molar-refractivity contribution in [1.82, 2.24) is 0 Å². The summed E-state index contributed by atoms with van der Waals surface area (Å²) >= 11 is 0. The zero-order chi connectivity index (χ0) is 9.14. The molecule has 0 aliphatic rings. The molecule has 0 fully saturated rings. The van der Waals surface area contributed by atoms with Gasteiger partial charge in [0.1, 0.15) is 0 Å². The predicted octanol–water partition coefficient (Wildman–Crippen LogP) is 1.45. The van der Waals surface area contributed by atoms with Gasteiger partial charge in [0.25, 0.3) is 0 Å². The first kappa shape index (κ1) is 8.87. The molecule has 0 spiro atoms. The number of rotatable bonds is 2. The Labute approximate surface area is 71.2 Å². The third kappa shape index (κ3) is 1.68. The molecule has 0 radical (unpaired) electrons. The van der Waals surface area contributed by atoms with Crippen LogP contribution in [-0.4, -0.2) is 17.3 Å². The minimum atomic E-state index is -0.568. The fourth-order valence-electron chi connectivity index (χ4n) is 0.967. The van der Waals surface area contributed by atoms with Gasteiger partial charge in [0.2, 0.25) is 0 Å². The van der Waals surface area contributed by atoms with Crippen LogP contribution in [0.3, 0.4) is 0 Å². The zero-order valence-corrected chi connectivity index (χ0v) is 7.11. The Morgan fingerprint density at radius 2 is 2.08 bits per heavy atom. The minimum Gasteiger partial charge on any atom is -0.504 e. The Morgan fingerprint density at radius 1 is 1.42 bits per heavy atom. The molecule has 1 aromatic rings. The van der Waals surface area contributed by atoms with E-state index in [1.165, 1.54) is 13.2 Å². The van der Waals surface area contributed by atoms with Crippen molar-refractivity contribution in [2.45, 2.75) is 13.0 Å². The summed E-state index contributed by atoms with van der Waals surface area (Å²) < 4.78 is 4.85. The van der Waals surface area contributed by atoms with Crippen LogP contribution in [0.4, 0.5) is 0 Å². The maximum atomic E-state index is 9.30. The van der Waals surface area contributed by atoms with Gasteiger partial charge in [0, 0.05) is 0 Å². The Kier molecular flexibility index (Phi) is 2.55. The summed E-state index contributed by atoms with van der Waals surface area (Å²) in [5, 5.41) is 18.5. The van der Waals surface area contributed by atoms with Crippen LogP contribution in [0.1, 0.15) is 18.6 Å². The summed E-state index contributed by atoms with van der Waals surface area (Å²) in [5.41, 5.74) is 0.674. The van der Waals surface area contributed by atoms with Crippen molar-refractivity contribution in [2.75, 3.05) is 7.11 Å². The van der Waals surface area contributed by atoms with E-state index in [9.17, 15) is 5.11 Å². The van der Waals surface area contributed by atoms with E-state index < -0.39 is 6.10 Å². The Bertz CT molecular complexity index is 268. The van der Waals surface area contributed by atoms with Gasteiger partial charge in [-0.2, -0.15) is 0 Å². The molecule has 0 amide bonds. The normalized spacial score (nSPS) is 12.6. The predicted molar refractivity (Wildman–Crippen MR) is 45.3 cm³/mol. The van der Waals surface area contributed by atoms with Crippen LogP contribution < -0.4 is 4.74 Å². The number of benzene rings is 1. The second-order valence-electron chi connectivity index (χ2n) is 2.61. The molecule has 0 saturated carbocycles. The third-order valence-electron chi connectivity index (χ3n) is 1.69. The van der Waals surface area contributed by atoms with Crippen molar-refractivity contribution in [3.05, 3.63) is 23.8 Å². The van der Waals surface area contributed by atoms with Gasteiger partial charge in [-0.25, -0.2) is 0 Å². The van der Waals surface area contributed by atoms with E-state index in [1.807, 2.05) is 0 Å². The highest BCUT2D eigenvalue weighted by atomic mass is 16.5. The van der Waals surface area contributed by atoms with Crippen LogP contribution in [0.15, 0.2) is 18.2 Å². The van der Waals surface area contributed by atoms with E-state index in [1.54, 1.807) is 19.1 Å². The van der Waals surface area contributed by atoms with Crippen LogP contribution in [0.25, 0.3) is 0 Å². The molecular weight excluding hydrogens is 156 g/mol. The number of aliphatic hydroxyl groups excluding tert-OH is 1. The topological polar surface area (TPSA) is 49.7 Å². The summed E-state index contributed by atoms with van der Waals surface area (Å²) in [7, 11) is 1.48. The van der Waals surface area contributed by atoms with Gasteiger partial charge in [0.05, 0.1) is 13.2 Å². The summed E-state index contributed by atoms with van der Waals surface area (Å²) in [6.45, 7) is 1.64. The average Bonchev–Trinajstić information content (AvgIpc) is 2.04. The number of ether oxygens (including phenoxy) is 1. The molecule has 0 unspecified atom stereocenters. The summed E-state index contributed by atoms with van der Waals surface area (Å²) in [4.78, 5) is 0. The number of phenolic OH excluding ortho intramolecular Hbond substituents is 1. The van der Waals surface area contributed by atoms with E-state index in [4.69, 9.17) is 9.84 Å². The molecular formula is C9H12O3. The van der Waals surface area contributed by atoms with Crippen LogP contribution >= 0.6 is 0 Å². The lowest BCUT2D eigenvalue weighted by molar-refractivity contribution is 0.198. The van der Waals surface area contributed by atoms with Gasteiger partial charge in [-0.1, -0.05) is 6.07 Å². The van der Waals surface area contributed by atoms with Gasteiger partial charge in [-0.15, -0.1) is 0 Å². The molecule has 0 aliphatic carbocycles. The van der Waals surface area contributed by atoms with E-state index in [0.717, 1.165) is 0 Å². The number of hydrogen-bond acceptors (Lipinski definition) is 3. The quantitative estimate of drug-likeness (QED) is 0.702. The first-order valence-corrected chi connectivity index (χ1v) is 3.70. The monoisotopic (exact) mass is 168 g/mol. The Hall–Kier alpha value is -1.22. The molecule has 1 aromatic carbocycles. The third-order valence-corrected chi connectivity index (χ3v) is 1.69. The van der Waals surface area contributed by atoms with Gasteiger partial charge in [0.15, 0.2) is 11.5 Å². The lowest BCUT2D eigenvalue weighted by Crippen LogP contribution is -1.91. The molecule has 3 heteroatoms. The van der Waals surface area contributed by atoms with Crippen molar-refractivity contribution in [3.8, 4) is 11.5 Å².